The molecule has 0 unspecified atom stereocenters. The molecule has 0 aromatic heterocycles. The van der Waals surface area contributed by atoms with Crippen molar-refractivity contribution in [3.8, 4) is 24.7 Å². The van der Waals surface area contributed by atoms with Gasteiger partial charge in [0.15, 0.2) is 0 Å². The van der Waals surface area contributed by atoms with Crippen LogP contribution in [0.15, 0.2) is 11.6 Å². The van der Waals surface area contributed by atoms with Gasteiger partial charge in [-0.05, 0) is 5.92 Å². The zero-order valence-electron chi connectivity index (χ0n) is 4.44. The first kappa shape index (κ1) is 4.88. The van der Waals surface area contributed by atoms with Gasteiger partial charge in [0.2, 0.25) is 0 Å². The molecular formula is C8H5+. The van der Waals surface area contributed by atoms with Gasteiger partial charge < -0.3 is 0 Å². The summed E-state index contributed by atoms with van der Waals surface area (Å²) in [4.78, 5) is 0. The third-order valence-electron chi connectivity index (χ3n) is 1.10. The fraction of sp³-hybridized carbons (Fsp3) is 0.125. The van der Waals surface area contributed by atoms with E-state index in [0.29, 0.717) is 0 Å². The molecule has 0 aromatic carbocycles. The van der Waals surface area contributed by atoms with Crippen molar-refractivity contribution < 1.29 is 0 Å². The molecule has 0 heterocycles. The molecule has 8 heavy (non-hydrogen) atoms. The second-order valence-electron chi connectivity index (χ2n) is 1.66. The van der Waals surface area contributed by atoms with E-state index in [1.807, 2.05) is 6.08 Å². The van der Waals surface area contributed by atoms with Crippen LogP contribution in [0.25, 0.3) is 0 Å². The molecule has 0 saturated heterocycles. The van der Waals surface area contributed by atoms with E-state index in [0.717, 1.165) is 17.9 Å². The minimum atomic E-state index is 0.826. The monoisotopic (exact) mass is 101 g/mol. The normalized spacial score (nSPS) is 15.2. The Balaban J connectivity index is 2.57. The van der Waals surface area contributed by atoms with Crippen molar-refractivity contribution in [3.63, 3.8) is 0 Å². The lowest BCUT2D eigenvalue weighted by Crippen LogP contribution is -2.02. The summed E-state index contributed by atoms with van der Waals surface area (Å²) in [6.07, 6.45) is 12.8. The van der Waals surface area contributed by atoms with Crippen LogP contribution < -0.4 is 0 Å². The molecule has 1 rings (SSSR count). The fourth-order valence-electron chi connectivity index (χ4n) is 0.572. The minimum Gasteiger partial charge on any atom is -0.100 e. The Morgan fingerprint density at radius 2 is 2.25 bits per heavy atom. The van der Waals surface area contributed by atoms with Gasteiger partial charge >= 0.3 is 0 Å². The average Bonchev–Trinajstić information content (AvgIpc) is 1.65. The second kappa shape index (κ2) is 1.68. The van der Waals surface area contributed by atoms with Gasteiger partial charge in [-0.25, -0.2) is 0 Å². The molecule has 0 spiro atoms. The van der Waals surface area contributed by atoms with Crippen molar-refractivity contribution in [1.82, 2.24) is 0 Å². The number of rotatable bonds is 0. The number of allylic oxidation sites excluding steroid dienone is 2. The highest BCUT2D eigenvalue weighted by Crippen LogP contribution is 2.25. The van der Waals surface area contributed by atoms with Crippen LogP contribution in [0.1, 0.15) is 6.42 Å². The van der Waals surface area contributed by atoms with Gasteiger partial charge in [0.05, 0.1) is 12.0 Å². The third kappa shape index (κ3) is 0.572. The Kier molecular flexibility index (Phi) is 1.03. The molecule has 0 aromatic rings. The maximum atomic E-state index is 5.05. The lowest BCUT2D eigenvalue weighted by Gasteiger charge is -2.04. The zero-order chi connectivity index (χ0) is 5.98. The summed E-state index contributed by atoms with van der Waals surface area (Å²) in [6, 6.07) is 0. The molecule has 0 atom stereocenters. The van der Waals surface area contributed by atoms with Gasteiger partial charge in [0.25, 0.3) is 0 Å². The Morgan fingerprint density at radius 3 is 2.62 bits per heavy atom. The fourth-order valence-corrected chi connectivity index (χ4v) is 0.572. The topological polar surface area (TPSA) is 0 Å². The molecule has 0 N–H and O–H groups in total. The molecule has 0 aliphatic heterocycles. The van der Waals surface area contributed by atoms with Gasteiger partial charge in [-0.15, -0.1) is 6.42 Å². The van der Waals surface area contributed by atoms with E-state index in [9.17, 15) is 0 Å². The van der Waals surface area contributed by atoms with Gasteiger partial charge in [-0.2, -0.15) is 0 Å². The summed E-state index contributed by atoms with van der Waals surface area (Å²) >= 11 is 0. The quantitative estimate of drug-likeness (QED) is 0.317. The van der Waals surface area contributed by atoms with Crippen molar-refractivity contribution in [2.24, 2.45) is 0 Å². The lowest BCUT2D eigenvalue weighted by atomic mass is 9.88. The molecule has 0 nitrogen and oxygen atoms in total. The number of hydrogen-bond donors (Lipinski definition) is 0. The largest absolute Gasteiger partial charge is 0.124 e. The summed E-state index contributed by atoms with van der Waals surface area (Å²) in [7, 11) is 0. The lowest BCUT2D eigenvalue weighted by molar-refractivity contribution is 1.04. The van der Waals surface area contributed by atoms with E-state index < -0.39 is 0 Å². The summed E-state index contributed by atoms with van der Waals surface area (Å²) in [6.45, 7) is 0. The first-order chi connectivity index (χ1) is 3.86. The Morgan fingerprint density at radius 1 is 1.62 bits per heavy atom. The molecule has 0 saturated carbocycles. The molecule has 0 radical (unpaired) electrons. The van der Waals surface area contributed by atoms with Crippen LogP contribution in [0.4, 0.5) is 0 Å². The van der Waals surface area contributed by atoms with E-state index in [2.05, 4.69) is 11.8 Å². The van der Waals surface area contributed by atoms with Crippen molar-refractivity contribution >= 4 is 0 Å². The van der Waals surface area contributed by atoms with Crippen LogP contribution in [0, 0.1) is 30.6 Å². The minimum absolute atomic E-state index is 0.826. The summed E-state index contributed by atoms with van der Waals surface area (Å²) < 4.78 is 0. The highest BCUT2D eigenvalue weighted by atomic mass is 14.1. The SMILES string of the molecule is C#CC1=C[C+](C#C)C1. The molecular weight excluding hydrogens is 96.1 g/mol. The average molecular weight is 101 g/mol. The van der Waals surface area contributed by atoms with Gasteiger partial charge in [0, 0.05) is 6.42 Å². The van der Waals surface area contributed by atoms with E-state index in [-0.39, 0.29) is 0 Å². The maximum Gasteiger partial charge on any atom is 0.124 e. The van der Waals surface area contributed by atoms with E-state index in [1.54, 1.807) is 0 Å². The zero-order valence-corrected chi connectivity index (χ0v) is 4.44. The highest BCUT2D eigenvalue weighted by molar-refractivity contribution is 5.50. The van der Waals surface area contributed by atoms with Crippen LogP contribution in [-0.2, 0) is 0 Å². The Bertz CT molecular complexity index is 195. The van der Waals surface area contributed by atoms with Crippen molar-refractivity contribution in [1.29, 1.82) is 0 Å². The Labute approximate surface area is 49.6 Å². The smallest absolute Gasteiger partial charge is 0.100 e. The summed E-state index contributed by atoms with van der Waals surface area (Å²) in [5.74, 6) is 6.03. The van der Waals surface area contributed by atoms with Gasteiger partial charge in [0.1, 0.15) is 17.9 Å². The highest BCUT2D eigenvalue weighted by Gasteiger charge is 2.23. The molecule has 0 amide bonds. The van der Waals surface area contributed by atoms with Crippen molar-refractivity contribution in [2.75, 3.05) is 0 Å². The standard InChI is InChI=1S/C8H5/c1-3-7-5-8(4-2)6-7/h1-2,5H,6H2/q+1. The molecule has 1 aliphatic rings. The van der Waals surface area contributed by atoms with Crippen LogP contribution >= 0.6 is 0 Å². The second-order valence-corrected chi connectivity index (χ2v) is 1.66. The van der Waals surface area contributed by atoms with Gasteiger partial charge in [-0.3, -0.25) is 0 Å². The summed E-state index contributed by atoms with van der Waals surface area (Å²) in [5.41, 5.74) is 1.01. The molecule has 1 aliphatic carbocycles. The van der Waals surface area contributed by atoms with Gasteiger partial charge in [-0.1, -0.05) is 0 Å². The van der Waals surface area contributed by atoms with E-state index in [4.69, 9.17) is 12.8 Å². The first-order valence-corrected chi connectivity index (χ1v) is 2.36. The van der Waals surface area contributed by atoms with E-state index >= 15 is 0 Å². The van der Waals surface area contributed by atoms with Crippen LogP contribution in [0.3, 0.4) is 0 Å². The van der Waals surface area contributed by atoms with Crippen LogP contribution in [0.2, 0.25) is 0 Å². The molecule has 0 heteroatoms. The number of terminal acetylenes is 2. The van der Waals surface area contributed by atoms with Crippen molar-refractivity contribution in [3.05, 3.63) is 17.6 Å². The first-order valence-electron chi connectivity index (χ1n) is 2.36. The van der Waals surface area contributed by atoms with E-state index in [1.165, 1.54) is 0 Å². The number of hydrogen-bond acceptors (Lipinski definition) is 0. The molecule has 36 valence electrons. The van der Waals surface area contributed by atoms with Crippen LogP contribution in [-0.4, -0.2) is 0 Å². The maximum absolute atomic E-state index is 5.05. The molecule has 0 fully saturated rings. The summed E-state index contributed by atoms with van der Waals surface area (Å²) in [5, 5.41) is 0. The van der Waals surface area contributed by atoms with Crippen molar-refractivity contribution in [2.45, 2.75) is 6.42 Å². The predicted octanol–water partition coefficient (Wildman–Crippen LogP) is 1.16. The predicted molar refractivity (Wildman–Crippen MR) is 33.6 cm³/mol. The molecule has 0 bridgehead atoms. The Hall–Kier alpha value is -1.27. The third-order valence-corrected chi connectivity index (χ3v) is 1.10. The van der Waals surface area contributed by atoms with Crippen LogP contribution in [0.5, 0.6) is 0 Å².